The van der Waals surface area contributed by atoms with Gasteiger partial charge in [-0.1, -0.05) is 11.6 Å². The SMILES string of the molecule is COC(=O)C[C@H](NC(=O)[C@@H]1CCCNC1)c1cnc(OC)c(Cl)c1. The molecule has 0 bridgehead atoms. The molecular weight excluding hydrogens is 334 g/mol. The topological polar surface area (TPSA) is 89.5 Å². The third-order valence-electron chi connectivity index (χ3n) is 4.01. The lowest BCUT2D eigenvalue weighted by atomic mass is 9.97. The Morgan fingerprint density at radius 2 is 2.29 bits per heavy atom. The molecule has 1 aromatic heterocycles. The average Bonchev–Trinajstić information content (AvgIpc) is 2.61. The molecule has 0 aliphatic carbocycles. The van der Waals surface area contributed by atoms with Crippen molar-refractivity contribution >= 4 is 23.5 Å². The highest BCUT2D eigenvalue weighted by Gasteiger charge is 2.26. The van der Waals surface area contributed by atoms with Crippen LogP contribution in [-0.4, -0.2) is 44.2 Å². The molecule has 1 fully saturated rings. The van der Waals surface area contributed by atoms with Crippen LogP contribution in [0.25, 0.3) is 0 Å². The second kappa shape index (κ2) is 8.84. The summed E-state index contributed by atoms with van der Waals surface area (Å²) < 4.78 is 9.75. The molecule has 0 saturated carbocycles. The summed E-state index contributed by atoms with van der Waals surface area (Å²) in [5.41, 5.74) is 0.628. The van der Waals surface area contributed by atoms with Crippen molar-refractivity contribution in [1.29, 1.82) is 0 Å². The van der Waals surface area contributed by atoms with Crippen LogP contribution in [0.15, 0.2) is 12.3 Å². The molecule has 2 atom stereocenters. The molecule has 8 heteroatoms. The molecular formula is C16H22ClN3O4. The van der Waals surface area contributed by atoms with Gasteiger partial charge in [-0.15, -0.1) is 0 Å². The van der Waals surface area contributed by atoms with E-state index in [9.17, 15) is 9.59 Å². The fourth-order valence-corrected chi connectivity index (χ4v) is 2.90. The highest BCUT2D eigenvalue weighted by Crippen LogP contribution is 2.27. The minimum absolute atomic E-state index is 0.00667. The first-order valence-electron chi connectivity index (χ1n) is 7.82. The highest BCUT2D eigenvalue weighted by atomic mass is 35.5. The van der Waals surface area contributed by atoms with E-state index in [1.807, 2.05) is 0 Å². The van der Waals surface area contributed by atoms with E-state index in [2.05, 4.69) is 15.6 Å². The van der Waals surface area contributed by atoms with E-state index in [0.29, 0.717) is 23.0 Å². The molecule has 132 valence electrons. The number of rotatable bonds is 6. The van der Waals surface area contributed by atoms with Crippen molar-refractivity contribution in [2.45, 2.75) is 25.3 Å². The Bertz CT molecular complexity index is 591. The molecule has 1 aliphatic heterocycles. The zero-order valence-electron chi connectivity index (χ0n) is 13.8. The number of hydrogen-bond donors (Lipinski definition) is 2. The Morgan fingerprint density at radius 1 is 1.50 bits per heavy atom. The molecule has 2 heterocycles. The number of methoxy groups -OCH3 is 2. The molecule has 1 aliphatic rings. The van der Waals surface area contributed by atoms with Crippen molar-refractivity contribution < 1.29 is 19.1 Å². The third-order valence-corrected chi connectivity index (χ3v) is 4.28. The zero-order chi connectivity index (χ0) is 17.5. The van der Waals surface area contributed by atoms with Crippen LogP contribution in [0.3, 0.4) is 0 Å². The Balaban J connectivity index is 2.15. The number of ether oxygens (including phenoxy) is 2. The smallest absolute Gasteiger partial charge is 0.307 e. The maximum absolute atomic E-state index is 12.5. The normalized spacial score (nSPS) is 18.5. The summed E-state index contributed by atoms with van der Waals surface area (Å²) in [4.78, 5) is 28.3. The lowest BCUT2D eigenvalue weighted by Gasteiger charge is -2.25. The van der Waals surface area contributed by atoms with Gasteiger partial charge in [-0.2, -0.15) is 0 Å². The van der Waals surface area contributed by atoms with E-state index in [0.717, 1.165) is 19.4 Å². The number of nitrogens with zero attached hydrogens (tertiary/aromatic N) is 1. The highest BCUT2D eigenvalue weighted by molar-refractivity contribution is 6.31. The van der Waals surface area contributed by atoms with Crippen LogP contribution in [0.1, 0.15) is 30.9 Å². The van der Waals surface area contributed by atoms with Crippen LogP contribution in [0.2, 0.25) is 5.02 Å². The van der Waals surface area contributed by atoms with Gasteiger partial charge in [0, 0.05) is 12.7 Å². The van der Waals surface area contributed by atoms with Gasteiger partial charge in [-0.25, -0.2) is 4.98 Å². The van der Waals surface area contributed by atoms with Crippen LogP contribution in [0.5, 0.6) is 5.88 Å². The second-order valence-electron chi connectivity index (χ2n) is 5.64. The van der Waals surface area contributed by atoms with Crippen LogP contribution in [0.4, 0.5) is 0 Å². The number of hydrogen-bond acceptors (Lipinski definition) is 6. The molecule has 0 spiro atoms. The maximum Gasteiger partial charge on any atom is 0.307 e. The van der Waals surface area contributed by atoms with Gasteiger partial charge >= 0.3 is 5.97 Å². The molecule has 1 saturated heterocycles. The van der Waals surface area contributed by atoms with Crippen molar-refractivity contribution in [3.05, 3.63) is 22.8 Å². The predicted molar refractivity (Wildman–Crippen MR) is 88.9 cm³/mol. The molecule has 1 aromatic rings. The van der Waals surface area contributed by atoms with Crippen molar-refractivity contribution in [3.63, 3.8) is 0 Å². The van der Waals surface area contributed by atoms with Gasteiger partial charge in [-0.05, 0) is 31.0 Å². The van der Waals surface area contributed by atoms with Gasteiger partial charge in [0.1, 0.15) is 5.02 Å². The molecule has 0 aromatic carbocycles. The average molecular weight is 356 g/mol. The van der Waals surface area contributed by atoms with Gasteiger partial charge in [0.05, 0.1) is 32.6 Å². The number of aromatic nitrogens is 1. The number of piperidine rings is 1. The number of nitrogens with one attached hydrogen (secondary N) is 2. The van der Waals surface area contributed by atoms with E-state index in [1.54, 1.807) is 6.07 Å². The van der Waals surface area contributed by atoms with Gasteiger partial charge in [0.15, 0.2) is 0 Å². The summed E-state index contributed by atoms with van der Waals surface area (Å²) >= 11 is 6.10. The molecule has 2 rings (SSSR count). The minimum Gasteiger partial charge on any atom is -0.480 e. The zero-order valence-corrected chi connectivity index (χ0v) is 14.6. The van der Waals surface area contributed by atoms with E-state index >= 15 is 0 Å². The van der Waals surface area contributed by atoms with Crippen molar-refractivity contribution in [3.8, 4) is 5.88 Å². The quantitative estimate of drug-likeness (QED) is 0.751. The summed E-state index contributed by atoms with van der Waals surface area (Å²) in [5, 5.41) is 6.43. The lowest BCUT2D eigenvalue weighted by molar-refractivity contribution is -0.141. The van der Waals surface area contributed by atoms with Gasteiger partial charge < -0.3 is 20.1 Å². The molecule has 24 heavy (non-hydrogen) atoms. The number of amides is 1. The summed E-state index contributed by atoms with van der Waals surface area (Å²) in [6.07, 6.45) is 3.32. The summed E-state index contributed by atoms with van der Waals surface area (Å²) in [6, 6.07) is 1.09. The number of carbonyl (C=O) groups is 2. The summed E-state index contributed by atoms with van der Waals surface area (Å²) in [6.45, 7) is 1.56. The molecule has 2 N–H and O–H groups in total. The molecule has 0 radical (unpaired) electrons. The number of pyridine rings is 1. The van der Waals surface area contributed by atoms with Gasteiger partial charge in [-0.3, -0.25) is 9.59 Å². The van der Waals surface area contributed by atoms with Crippen LogP contribution >= 0.6 is 11.6 Å². The van der Waals surface area contributed by atoms with Gasteiger partial charge in [0.25, 0.3) is 0 Å². The number of halogens is 1. The van der Waals surface area contributed by atoms with Crippen LogP contribution in [0, 0.1) is 5.92 Å². The third kappa shape index (κ3) is 4.82. The summed E-state index contributed by atoms with van der Waals surface area (Å²) in [7, 11) is 2.78. The van der Waals surface area contributed by atoms with Crippen LogP contribution < -0.4 is 15.4 Å². The Hall–Kier alpha value is -1.86. The fourth-order valence-electron chi connectivity index (χ4n) is 2.65. The van der Waals surface area contributed by atoms with E-state index in [-0.39, 0.29) is 18.2 Å². The Morgan fingerprint density at radius 3 is 2.88 bits per heavy atom. The maximum atomic E-state index is 12.5. The Kier molecular flexibility index (Phi) is 6.81. The van der Waals surface area contributed by atoms with Crippen molar-refractivity contribution in [2.75, 3.05) is 27.3 Å². The second-order valence-corrected chi connectivity index (χ2v) is 6.05. The molecule has 1 amide bonds. The van der Waals surface area contributed by atoms with E-state index < -0.39 is 12.0 Å². The number of esters is 1. The van der Waals surface area contributed by atoms with E-state index in [4.69, 9.17) is 21.1 Å². The monoisotopic (exact) mass is 355 g/mol. The summed E-state index contributed by atoms with van der Waals surface area (Å²) in [5.74, 6) is -0.335. The van der Waals surface area contributed by atoms with Crippen LogP contribution in [-0.2, 0) is 14.3 Å². The van der Waals surface area contributed by atoms with Crippen molar-refractivity contribution in [1.82, 2.24) is 15.6 Å². The van der Waals surface area contributed by atoms with Gasteiger partial charge in [0.2, 0.25) is 11.8 Å². The minimum atomic E-state index is -0.553. The fraction of sp³-hybridized carbons (Fsp3) is 0.562. The van der Waals surface area contributed by atoms with E-state index in [1.165, 1.54) is 20.4 Å². The standard InChI is InChI=1S/C16H22ClN3O4/c1-23-14(21)7-13(11-6-12(17)16(24-2)19-9-11)20-15(22)10-4-3-5-18-8-10/h6,9-10,13,18H,3-5,7-8H2,1-2H3,(H,20,22)/t10-,13+/m1/s1. The first kappa shape index (κ1) is 18.5. The Labute approximate surface area is 146 Å². The lowest BCUT2D eigenvalue weighted by Crippen LogP contribution is -2.42. The number of carbonyl (C=O) groups excluding carboxylic acids is 2. The first-order valence-corrected chi connectivity index (χ1v) is 8.20. The molecule has 0 unspecified atom stereocenters. The molecule has 7 nitrogen and oxygen atoms in total. The first-order chi connectivity index (χ1) is 11.5. The predicted octanol–water partition coefficient (Wildman–Crippen LogP) is 1.46. The van der Waals surface area contributed by atoms with Crippen molar-refractivity contribution in [2.24, 2.45) is 5.92 Å². The largest absolute Gasteiger partial charge is 0.480 e.